The van der Waals surface area contributed by atoms with Gasteiger partial charge in [0, 0.05) is 10.7 Å². The fourth-order valence-electron chi connectivity index (χ4n) is 2.60. The van der Waals surface area contributed by atoms with Gasteiger partial charge in [0.2, 0.25) is 11.9 Å². The van der Waals surface area contributed by atoms with Crippen LogP contribution in [0.15, 0.2) is 64.8 Å². The number of aromatic nitrogens is 5. The monoisotopic (exact) mass is 412 g/mol. The molecule has 4 aromatic rings. The van der Waals surface area contributed by atoms with E-state index in [4.69, 9.17) is 11.6 Å². The predicted octanol–water partition coefficient (Wildman–Crippen LogP) is 2.89. The predicted molar refractivity (Wildman–Crippen MR) is 108 cm³/mol. The SMILES string of the molecule is O=C(CSc1nc2ccccc2c(=O)n1-c1ncn[nH]1)Nc1cccc(Cl)c1. The van der Waals surface area contributed by atoms with E-state index in [1.54, 1.807) is 48.5 Å². The van der Waals surface area contributed by atoms with Gasteiger partial charge in [0.15, 0.2) is 5.16 Å². The van der Waals surface area contributed by atoms with Gasteiger partial charge in [0.1, 0.15) is 6.33 Å². The number of H-pyrrole nitrogens is 1. The van der Waals surface area contributed by atoms with Gasteiger partial charge in [-0.1, -0.05) is 41.6 Å². The number of nitrogens with zero attached hydrogens (tertiary/aromatic N) is 4. The van der Waals surface area contributed by atoms with E-state index < -0.39 is 0 Å². The highest BCUT2D eigenvalue weighted by molar-refractivity contribution is 7.99. The van der Waals surface area contributed by atoms with Gasteiger partial charge in [-0.25, -0.2) is 14.6 Å². The maximum Gasteiger partial charge on any atom is 0.269 e. The van der Waals surface area contributed by atoms with Gasteiger partial charge < -0.3 is 5.32 Å². The van der Waals surface area contributed by atoms with E-state index in [0.29, 0.717) is 26.8 Å². The van der Waals surface area contributed by atoms with E-state index in [1.807, 2.05) is 0 Å². The lowest BCUT2D eigenvalue weighted by Gasteiger charge is -2.10. The fourth-order valence-corrected chi connectivity index (χ4v) is 3.58. The summed E-state index contributed by atoms with van der Waals surface area (Å²) in [6.07, 6.45) is 1.30. The van der Waals surface area contributed by atoms with Crippen LogP contribution in [0, 0.1) is 0 Å². The number of amides is 1. The molecular formula is C18H13ClN6O2S. The number of nitrogens with one attached hydrogen (secondary N) is 2. The van der Waals surface area contributed by atoms with Crippen molar-refractivity contribution in [2.24, 2.45) is 0 Å². The van der Waals surface area contributed by atoms with Gasteiger partial charge in [-0.15, -0.1) is 0 Å². The van der Waals surface area contributed by atoms with Crippen LogP contribution >= 0.6 is 23.4 Å². The van der Waals surface area contributed by atoms with Crippen LogP contribution in [0.4, 0.5) is 5.69 Å². The molecule has 0 atom stereocenters. The van der Waals surface area contributed by atoms with E-state index in [9.17, 15) is 9.59 Å². The smallest absolute Gasteiger partial charge is 0.269 e. The van der Waals surface area contributed by atoms with Gasteiger partial charge in [-0.3, -0.25) is 9.59 Å². The second-order valence-electron chi connectivity index (χ2n) is 5.71. The zero-order chi connectivity index (χ0) is 19.5. The molecule has 2 aromatic heterocycles. The van der Waals surface area contributed by atoms with Gasteiger partial charge in [0.25, 0.3) is 5.56 Å². The highest BCUT2D eigenvalue weighted by atomic mass is 35.5. The summed E-state index contributed by atoms with van der Waals surface area (Å²) in [7, 11) is 0. The first-order valence-corrected chi connectivity index (χ1v) is 9.54. The molecule has 1 amide bonds. The quantitative estimate of drug-likeness (QED) is 0.385. The fraction of sp³-hybridized carbons (Fsp3) is 0.0556. The Balaban J connectivity index is 1.63. The second kappa shape index (κ2) is 7.83. The molecule has 0 radical (unpaired) electrons. The largest absolute Gasteiger partial charge is 0.325 e. The molecule has 10 heteroatoms. The zero-order valence-corrected chi connectivity index (χ0v) is 15.9. The van der Waals surface area contributed by atoms with Crippen LogP contribution in [0.2, 0.25) is 5.02 Å². The molecular weight excluding hydrogens is 400 g/mol. The number of anilines is 1. The molecule has 0 aliphatic heterocycles. The Hall–Kier alpha value is -3.17. The van der Waals surface area contributed by atoms with Gasteiger partial charge >= 0.3 is 0 Å². The molecule has 2 N–H and O–H groups in total. The van der Waals surface area contributed by atoms with Crippen molar-refractivity contribution in [2.45, 2.75) is 5.16 Å². The molecule has 0 spiro atoms. The van der Waals surface area contributed by atoms with Crippen molar-refractivity contribution in [3.63, 3.8) is 0 Å². The van der Waals surface area contributed by atoms with Crippen LogP contribution in [0.1, 0.15) is 0 Å². The van der Waals surface area contributed by atoms with Crippen molar-refractivity contribution in [2.75, 3.05) is 11.1 Å². The van der Waals surface area contributed by atoms with Gasteiger partial charge in [-0.2, -0.15) is 10.1 Å². The van der Waals surface area contributed by atoms with E-state index in [2.05, 4.69) is 25.5 Å². The summed E-state index contributed by atoms with van der Waals surface area (Å²) in [5, 5.41) is 10.5. The zero-order valence-electron chi connectivity index (χ0n) is 14.3. The number of hydrogen-bond donors (Lipinski definition) is 2. The van der Waals surface area contributed by atoms with Crippen molar-refractivity contribution < 1.29 is 4.79 Å². The molecule has 0 fully saturated rings. The van der Waals surface area contributed by atoms with Crippen LogP contribution in [0.25, 0.3) is 16.9 Å². The van der Waals surface area contributed by atoms with E-state index in [-0.39, 0.29) is 23.2 Å². The minimum absolute atomic E-state index is 0.0471. The Bertz CT molecular complexity index is 1210. The topological polar surface area (TPSA) is 106 Å². The van der Waals surface area contributed by atoms with Crippen LogP contribution in [-0.2, 0) is 4.79 Å². The average Bonchev–Trinajstić information content (AvgIpc) is 3.21. The number of benzene rings is 2. The Morgan fingerprint density at radius 2 is 2.07 bits per heavy atom. The number of carbonyl (C=O) groups excluding carboxylic acids is 1. The third-order valence-corrected chi connectivity index (χ3v) is 4.97. The van der Waals surface area contributed by atoms with Crippen LogP contribution in [0.5, 0.6) is 0 Å². The number of carbonyl (C=O) groups is 1. The van der Waals surface area contributed by atoms with Crippen molar-refractivity contribution in [3.8, 4) is 5.95 Å². The third kappa shape index (κ3) is 3.75. The minimum atomic E-state index is -0.292. The number of para-hydroxylation sites is 1. The molecule has 0 unspecified atom stereocenters. The van der Waals surface area contributed by atoms with Crippen LogP contribution < -0.4 is 10.9 Å². The summed E-state index contributed by atoms with van der Waals surface area (Å²) in [5.41, 5.74) is 0.846. The Kier molecular flexibility index (Phi) is 5.09. The first-order chi connectivity index (χ1) is 13.6. The Morgan fingerprint density at radius 1 is 1.21 bits per heavy atom. The molecule has 2 aromatic carbocycles. The molecule has 8 nitrogen and oxygen atoms in total. The third-order valence-electron chi connectivity index (χ3n) is 3.80. The maximum absolute atomic E-state index is 12.9. The van der Waals surface area contributed by atoms with Crippen LogP contribution in [-0.4, -0.2) is 36.4 Å². The summed E-state index contributed by atoms with van der Waals surface area (Å²) in [6, 6.07) is 13.9. The molecule has 2 heterocycles. The van der Waals surface area contributed by atoms with Crippen LogP contribution in [0.3, 0.4) is 0 Å². The number of thioether (sulfide) groups is 1. The van der Waals surface area contributed by atoms with E-state index >= 15 is 0 Å². The minimum Gasteiger partial charge on any atom is -0.325 e. The molecule has 0 bridgehead atoms. The van der Waals surface area contributed by atoms with Crippen molar-refractivity contribution >= 4 is 45.9 Å². The maximum atomic E-state index is 12.9. The number of halogens is 1. The van der Waals surface area contributed by atoms with E-state index in [0.717, 1.165) is 11.8 Å². The molecule has 28 heavy (non-hydrogen) atoms. The molecule has 0 saturated carbocycles. The lowest BCUT2D eigenvalue weighted by atomic mass is 10.2. The number of fused-ring (bicyclic) bond motifs is 1. The first kappa shape index (κ1) is 18.2. The molecule has 4 rings (SSSR count). The summed E-state index contributed by atoms with van der Waals surface area (Å²) >= 11 is 7.06. The summed E-state index contributed by atoms with van der Waals surface area (Å²) in [4.78, 5) is 33.8. The standard InChI is InChI=1S/C18H13ClN6O2S/c19-11-4-3-5-12(8-11)22-15(26)9-28-18-23-14-7-2-1-6-13(14)16(27)25(18)17-20-10-21-24-17/h1-8,10H,9H2,(H,22,26)(H,20,21,24). The number of aromatic amines is 1. The molecule has 140 valence electrons. The second-order valence-corrected chi connectivity index (χ2v) is 7.09. The molecule has 0 aliphatic carbocycles. The Morgan fingerprint density at radius 3 is 2.86 bits per heavy atom. The summed E-state index contributed by atoms with van der Waals surface area (Å²) < 4.78 is 1.31. The lowest BCUT2D eigenvalue weighted by molar-refractivity contribution is -0.113. The number of hydrogen-bond acceptors (Lipinski definition) is 6. The normalized spacial score (nSPS) is 10.9. The van der Waals surface area contributed by atoms with Gasteiger partial charge in [-0.05, 0) is 30.3 Å². The molecule has 0 saturated heterocycles. The van der Waals surface area contributed by atoms with Crippen molar-refractivity contribution in [3.05, 3.63) is 70.2 Å². The number of rotatable bonds is 5. The lowest BCUT2D eigenvalue weighted by Crippen LogP contribution is -2.23. The highest BCUT2D eigenvalue weighted by Gasteiger charge is 2.16. The summed E-state index contributed by atoms with van der Waals surface area (Å²) in [5.74, 6) is 0.0330. The average molecular weight is 413 g/mol. The van der Waals surface area contributed by atoms with Gasteiger partial charge in [0.05, 0.1) is 16.7 Å². The van der Waals surface area contributed by atoms with Crippen molar-refractivity contribution in [1.82, 2.24) is 24.7 Å². The molecule has 0 aliphatic rings. The Labute approximate surface area is 168 Å². The van der Waals surface area contributed by atoms with E-state index in [1.165, 1.54) is 10.9 Å². The highest BCUT2D eigenvalue weighted by Crippen LogP contribution is 2.20. The first-order valence-electron chi connectivity index (χ1n) is 8.17. The summed E-state index contributed by atoms with van der Waals surface area (Å²) in [6.45, 7) is 0. The van der Waals surface area contributed by atoms with Crippen molar-refractivity contribution in [1.29, 1.82) is 0 Å².